The van der Waals surface area contributed by atoms with Crippen LogP contribution in [0.25, 0.3) is 22.2 Å². The molecule has 2 aliphatic rings. The summed E-state index contributed by atoms with van der Waals surface area (Å²) < 4.78 is 92.4. The number of pyridine rings is 1. The first-order valence-corrected chi connectivity index (χ1v) is 14.4. The van der Waals surface area contributed by atoms with Crippen molar-refractivity contribution in [1.29, 1.82) is 0 Å². The van der Waals surface area contributed by atoms with Crippen molar-refractivity contribution in [3.63, 3.8) is 0 Å². The maximum absolute atomic E-state index is 16.5. The van der Waals surface area contributed by atoms with E-state index in [2.05, 4.69) is 21.5 Å². The fourth-order valence-corrected chi connectivity index (χ4v) is 6.18. The number of likely N-dealkylation sites (N-methyl/N-ethyl adjacent to an activating group) is 1. The summed E-state index contributed by atoms with van der Waals surface area (Å²) in [7, 11) is 1.72. The Morgan fingerprint density at radius 2 is 1.91 bits per heavy atom. The number of likely N-dealkylation sites (tertiary alicyclic amines) is 1. The number of aromatic nitrogens is 3. The lowest BCUT2D eigenvalue weighted by Gasteiger charge is -2.40. The summed E-state index contributed by atoms with van der Waals surface area (Å²) >= 11 is 6.49. The first-order chi connectivity index (χ1) is 21.1. The number of carbonyl (C=O) groups excluding carboxylic acids is 1. The van der Waals surface area contributed by atoms with Gasteiger partial charge in [0.25, 0.3) is 5.91 Å². The molecule has 1 unspecified atom stereocenters. The monoisotopic (exact) mass is 657 g/mol. The number of rotatable bonds is 6. The molecule has 0 spiro atoms. The van der Waals surface area contributed by atoms with Gasteiger partial charge in [-0.1, -0.05) is 18.2 Å². The number of nitrogens with zero attached hydrogens (tertiary/aromatic N) is 6. The van der Waals surface area contributed by atoms with Crippen LogP contribution in [0.5, 0.6) is 6.01 Å². The van der Waals surface area contributed by atoms with Crippen LogP contribution in [0.2, 0.25) is 5.02 Å². The summed E-state index contributed by atoms with van der Waals surface area (Å²) in [5, 5.41) is -0.357. The van der Waals surface area contributed by atoms with Crippen molar-refractivity contribution in [3.05, 3.63) is 46.5 Å². The number of fused-ring (bicyclic) bond motifs is 1. The van der Waals surface area contributed by atoms with E-state index < -0.39 is 63.3 Å². The van der Waals surface area contributed by atoms with E-state index in [1.807, 2.05) is 0 Å². The topological polar surface area (TPSA) is 101 Å². The van der Waals surface area contributed by atoms with E-state index in [0.717, 1.165) is 6.07 Å². The minimum Gasteiger partial charge on any atom is -0.462 e. The second-order valence-electron chi connectivity index (χ2n) is 11.3. The minimum absolute atomic E-state index is 0.0471. The number of hydrogen-bond acceptors (Lipinski definition) is 8. The molecule has 242 valence electrons. The van der Waals surface area contributed by atoms with Crippen LogP contribution < -0.4 is 15.4 Å². The van der Waals surface area contributed by atoms with Crippen molar-refractivity contribution in [1.82, 2.24) is 24.8 Å². The quantitative estimate of drug-likeness (QED) is 0.280. The number of ether oxygens (including phenoxy) is 1. The average molecular weight is 658 g/mol. The van der Waals surface area contributed by atoms with E-state index >= 15 is 4.39 Å². The van der Waals surface area contributed by atoms with Crippen LogP contribution in [0.15, 0.2) is 24.5 Å². The predicted molar refractivity (Wildman–Crippen MR) is 157 cm³/mol. The summed E-state index contributed by atoms with van der Waals surface area (Å²) in [6.07, 6.45) is -5.79. The first-order valence-electron chi connectivity index (χ1n) is 14.0. The van der Waals surface area contributed by atoms with Gasteiger partial charge in [-0.05, 0) is 45.0 Å². The van der Waals surface area contributed by atoms with Crippen LogP contribution in [-0.2, 0) is 11.0 Å². The molecule has 2 fully saturated rings. The largest absolute Gasteiger partial charge is 0.462 e. The molecule has 2 N–H and O–H groups in total. The summed E-state index contributed by atoms with van der Waals surface area (Å²) in [5.74, 6) is -3.35. The molecule has 0 saturated carbocycles. The summed E-state index contributed by atoms with van der Waals surface area (Å²) in [4.78, 5) is 29.5. The number of nitrogen functional groups attached to an aromatic ring is 1. The van der Waals surface area contributed by atoms with Crippen LogP contribution in [-0.4, -0.2) is 88.7 Å². The van der Waals surface area contributed by atoms with Crippen LogP contribution in [0.3, 0.4) is 0 Å². The van der Waals surface area contributed by atoms with E-state index in [4.69, 9.17) is 22.1 Å². The van der Waals surface area contributed by atoms with Crippen LogP contribution in [0, 0.1) is 12.7 Å². The normalized spacial score (nSPS) is 21.1. The first kappa shape index (κ1) is 32.5. The molecule has 3 atom stereocenters. The molecule has 1 amide bonds. The Morgan fingerprint density at radius 3 is 2.51 bits per heavy atom. The van der Waals surface area contributed by atoms with Gasteiger partial charge >= 0.3 is 12.2 Å². The molecule has 4 heterocycles. The van der Waals surface area contributed by atoms with Crippen molar-refractivity contribution < 1.29 is 35.9 Å². The highest BCUT2D eigenvalue weighted by Crippen LogP contribution is 2.44. The summed E-state index contributed by atoms with van der Waals surface area (Å²) in [5.41, 5.74) is 2.40. The molecule has 16 heteroatoms. The second kappa shape index (κ2) is 12.2. The number of hydrogen-bond donors (Lipinski definition) is 1. The Bertz CT molecular complexity index is 1670. The third-order valence-corrected chi connectivity index (χ3v) is 8.36. The van der Waals surface area contributed by atoms with Gasteiger partial charge in [0.05, 0.1) is 21.8 Å². The molecular formula is C29H30ClF6N7O2. The number of benzene rings is 1. The number of halogens is 7. The Balaban J connectivity index is 1.66. The highest BCUT2D eigenvalue weighted by atomic mass is 35.5. The molecule has 9 nitrogen and oxygen atoms in total. The average Bonchev–Trinajstić information content (AvgIpc) is 3.26. The fraction of sp³-hybridized carbons (Fsp3) is 0.448. The SMILES string of the molecule is C=C(F)C(=O)N1CCN(c2nc(OC[C@@H]3C[C@@H](F)CN3C)nc3c(F)c(-c4nc(N)cc(C)c4C(F)(F)F)c(Cl)cc23)C(C)C1. The Morgan fingerprint density at radius 1 is 1.20 bits per heavy atom. The number of nitrogens with two attached hydrogens (primary N) is 1. The molecule has 5 rings (SSSR count). The minimum atomic E-state index is -4.92. The number of carbonyl (C=O) groups is 1. The van der Waals surface area contributed by atoms with Gasteiger partial charge in [-0.2, -0.15) is 23.1 Å². The van der Waals surface area contributed by atoms with Gasteiger partial charge in [-0.15, -0.1) is 0 Å². The molecule has 3 aromatic rings. The predicted octanol–water partition coefficient (Wildman–Crippen LogP) is 5.34. The van der Waals surface area contributed by atoms with Crippen molar-refractivity contribution in [2.45, 2.75) is 44.7 Å². The molecule has 2 saturated heterocycles. The molecule has 2 aromatic heterocycles. The molecular weight excluding hydrogens is 628 g/mol. The maximum atomic E-state index is 16.5. The molecule has 0 aliphatic carbocycles. The van der Waals surface area contributed by atoms with E-state index in [-0.39, 0.29) is 73.8 Å². The number of anilines is 2. The van der Waals surface area contributed by atoms with Gasteiger partial charge in [-0.25, -0.2) is 18.2 Å². The molecule has 1 aromatic carbocycles. The fourth-order valence-electron chi connectivity index (χ4n) is 5.90. The standard InChI is InChI=1S/C29H30ClF6N7O2/c1-13-7-20(37)38-25(22(13)29(34,35)36)21-19(30)9-18-24(23(21)33)39-28(45-12-17-8-16(32)11-41(17)4)40-26(18)43-6-5-42(10-14(43)2)27(44)15(3)31/h7,9,14,16-17H,3,5-6,8,10-12H2,1-2,4H3,(H2,37,38)/t14?,16-,17+/m1/s1. The maximum Gasteiger partial charge on any atom is 0.418 e. The summed E-state index contributed by atoms with van der Waals surface area (Å²) in [6.45, 7) is 6.36. The van der Waals surface area contributed by atoms with Crippen molar-refractivity contribution >= 4 is 40.0 Å². The van der Waals surface area contributed by atoms with Crippen molar-refractivity contribution in [2.75, 3.05) is 50.5 Å². The molecule has 0 radical (unpaired) electrons. The smallest absolute Gasteiger partial charge is 0.418 e. The Labute approximate surface area is 259 Å². The van der Waals surface area contributed by atoms with Crippen LogP contribution >= 0.6 is 11.6 Å². The summed E-state index contributed by atoms with van der Waals surface area (Å²) in [6, 6.07) is 1.14. The molecule has 45 heavy (non-hydrogen) atoms. The van der Waals surface area contributed by atoms with Crippen LogP contribution in [0.4, 0.5) is 38.0 Å². The van der Waals surface area contributed by atoms with Gasteiger partial charge in [0.15, 0.2) is 11.6 Å². The van der Waals surface area contributed by atoms with E-state index in [1.54, 1.807) is 23.8 Å². The molecule has 2 aliphatic heterocycles. The van der Waals surface area contributed by atoms with Gasteiger partial charge in [0.1, 0.15) is 29.9 Å². The van der Waals surface area contributed by atoms with Gasteiger partial charge in [0.2, 0.25) is 0 Å². The molecule has 0 bridgehead atoms. The Kier molecular flexibility index (Phi) is 8.79. The number of aryl methyl sites for hydroxylation is 1. The second-order valence-corrected chi connectivity index (χ2v) is 11.7. The number of piperazine rings is 1. The van der Waals surface area contributed by atoms with Gasteiger partial charge in [-0.3, -0.25) is 9.69 Å². The highest BCUT2D eigenvalue weighted by molar-refractivity contribution is 6.34. The van der Waals surface area contributed by atoms with E-state index in [9.17, 15) is 26.7 Å². The number of amides is 1. The Hall–Kier alpha value is -3.85. The third-order valence-electron chi connectivity index (χ3n) is 8.06. The van der Waals surface area contributed by atoms with Gasteiger partial charge in [0, 0.05) is 43.6 Å². The van der Waals surface area contributed by atoms with Crippen LogP contribution in [0.1, 0.15) is 24.5 Å². The highest BCUT2D eigenvalue weighted by Gasteiger charge is 2.39. The van der Waals surface area contributed by atoms with Crippen molar-refractivity contribution in [3.8, 4) is 17.3 Å². The van der Waals surface area contributed by atoms with Gasteiger partial charge < -0.3 is 20.3 Å². The zero-order valence-corrected chi connectivity index (χ0v) is 25.3. The number of alkyl halides is 4. The third kappa shape index (κ3) is 6.32. The van der Waals surface area contributed by atoms with Crippen molar-refractivity contribution in [2.24, 2.45) is 0 Å². The lowest BCUT2D eigenvalue weighted by Crippen LogP contribution is -2.54. The zero-order valence-electron chi connectivity index (χ0n) is 24.6. The zero-order chi connectivity index (χ0) is 33.0. The lowest BCUT2D eigenvalue weighted by molar-refractivity contribution is -0.137. The lowest BCUT2D eigenvalue weighted by atomic mass is 9.99. The van der Waals surface area contributed by atoms with E-state index in [0.29, 0.717) is 0 Å². The van der Waals surface area contributed by atoms with E-state index in [1.165, 1.54) is 17.9 Å².